The highest BCUT2D eigenvalue weighted by Crippen LogP contribution is 2.85. The Balaban J connectivity index is -0.000000783. The second kappa shape index (κ2) is 43.6. The Morgan fingerprint density at radius 3 is 0.739 bits per heavy atom. The van der Waals surface area contributed by atoms with Gasteiger partial charge in [0.2, 0.25) is 7.51 Å². The fraction of sp³-hybridized carbons (Fsp3) is 0.789. The maximum Gasteiger partial charge on any atom is 0.496 e. The quantitative estimate of drug-likeness (QED) is 0.0511. The van der Waals surface area contributed by atoms with Gasteiger partial charge in [0.15, 0.2) is 0 Å². The maximum atomic E-state index is 6.17. The average molecular weight is 1510 g/mol. The van der Waals surface area contributed by atoms with E-state index in [0.29, 0.717) is 33.0 Å². The first-order valence-electron chi connectivity index (χ1n) is 30.8. The number of rotatable bonds is 31. The number of ether oxygens (including phenoxy) is 2. The standard InChI is InChI=1S/C27H65N11OP5.C26H62N10OP5.2C2H6.ClH.H2O/c1-32(2)41(17,33(3)4)29-43(28-40(14,15)16,30-42(18,34(5)6)35(7)8)31-44(36(9)10,37(11)12)38(13)24-25-39-26-27-22-20-19-21-23-27;1-31(2)39(15,32(3)4)28-42(27-38(12,13)14,29-40(16,33(5)6)34(7)8)30-41(17,35(9)10)36(11)23-24-37-25-26-21-19-18-20-22-26;2*1-2;;/h19-23H,24-26H2,1-18H3;18-22H,23-25H2,1-17H3;2*1-2H3;1H;1H2/q2*+1;;;;/p-2. The summed E-state index contributed by atoms with van der Waals surface area (Å²) in [5.74, 6) is 0. The molecule has 2 aromatic carbocycles. The molecule has 1 unspecified atom stereocenters. The van der Waals surface area contributed by atoms with Crippen LogP contribution in [0.4, 0.5) is 0 Å². The molecule has 0 aromatic heterocycles. The predicted molar refractivity (Wildman–Crippen MR) is 426 cm³/mol. The first-order valence-corrected chi connectivity index (χ1v) is 52.2. The molecule has 2 rings (SSSR count). The van der Waals surface area contributed by atoms with E-state index in [2.05, 4.69) is 327 Å². The van der Waals surface area contributed by atoms with Crippen molar-refractivity contribution in [3.8, 4) is 0 Å². The van der Waals surface area contributed by atoms with Gasteiger partial charge in [0.25, 0.3) is 0 Å². The van der Waals surface area contributed by atoms with Gasteiger partial charge < -0.3 is 27.4 Å². The van der Waals surface area contributed by atoms with E-state index in [0.717, 1.165) is 6.54 Å². The van der Waals surface area contributed by atoms with Crippen LogP contribution in [0.2, 0.25) is 0 Å². The van der Waals surface area contributed by atoms with Gasteiger partial charge >= 0.3 is 15.7 Å². The van der Waals surface area contributed by atoms with Crippen molar-refractivity contribution in [3.05, 3.63) is 71.8 Å². The fourth-order valence-corrected chi connectivity index (χ4v) is 44.3. The number of benzene rings is 2. The van der Waals surface area contributed by atoms with Crippen LogP contribution in [0.1, 0.15) is 38.8 Å². The molecular formula is C57H140ClN21O3P10. The van der Waals surface area contributed by atoms with Crippen molar-refractivity contribution >= 4 is 74.1 Å². The van der Waals surface area contributed by atoms with Crippen molar-refractivity contribution in [1.29, 1.82) is 0 Å². The largest absolute Gasteiger partial charge is 1.00 e. The van der Waals surface area contributed by atoms with Crippen LogP contribution in [0.5, 0.6) is 0 Å². The van der Waals surface area contributed by atoms with E-state index < -0.39 is 74.1 Å². The zero-order valence-electron chi connectivity index (χ0n) is 65.5. The third-order valence-electron chi connectivity index (χ3n) is 14.8. The molecule has 0 saturated carbocycles. The van der Waals surface area contributed by atoms with Crippen molar-refractivity contribution in [2.24, 2.45) is 36.1 Å². The van der Waals surface area contributed by atoms with Crippen molar-refractivity contribution in [3.63, 3.8) is 0 Å². The van der Waals surface area contributed by atoms with Crippen LogP contribution in [0, 0.1) is 0 Å². The minimum Gasteiger partial charge on any atom is -1.00 e. The summed E-state index contributed by atoms with van der Waals surface area (Å²) in [7, 11) is 27.7. The number of nitrogens with zero attached hydrogens (tertiary/aromatic N) is 21. The van der Waals surface area contributed by atoms with Crippen molar-refractivity contribution in [2.45, 2.75) is 40.9 Å². The monoisotopic (exact) mass is 1510 g/mol. The van der Waals surface area contributed by atoms with E-state index >= 15 is 0 Å². The smallest absolute Gasteiger partial charge is 0.496 e. The number of hydrogen-bond acceptors (Lipinski definition) is 11. The molecule has 92 heavy (non-hydrogen) atoms. The van der Waals surface area contributed by atoms with E-state index in [9.17, 15) is 0 Å². The van der Waals surface area contributed by atoms with Gasteiger partial charge in [-0.05, 0) is 247 Å². The van der Waals surface area contributed by atoms with E-state index in [1.807, 2.05) is 64.1 Å². The molecule has 0 bridgehead atoms. The third-order valence-corrected chi connectivity index (χ3v) is 52.9. The van der Waals surface area contributed by atoms with Gasteiger partial charge in [0.1, 0.15) is 36.8 Å². The fourth-order valence-electron chi connectivity index (χ4n) is 8.20. The zero-order chi connectivity index (χ0) is 71.0. The van der Waals surface area contributed by atoms with Crippen LogP contribution in [0.15, 0.2) is 96.8 Å². The Kier molecular flexibility index (Phi) is 47.0. The molecule has 0 spiro atoms. The van der Waals surface area contributed by atoms with Crippen molar-refractivity contribution in [1.82, 2.24) is 60.7 Å². The van der Waals surface area contributed by atoms with Crippen LogP contribution >= 0.6 is 74.1 Å². The Bertz CT molecular complexity index is 2750. The van der Waals surface area contributed by atoms with E-state index in [4.69, 9.17) is 45.6 Å². The highest BCUT2D eigenvalue weighted by atomic mass is 35.5. The minimum absolute atomic E-state index is 0. The Labute approximate surface area is 576 Å². The summed E-state index contributed by atoms with van der Waals surface area (Å²) in [5.41, 5.74) is 2.35. The van der Waals surface area contributed by atoms with Gasteiger partial charge in [0, 0.05) is 60.5 Å². The van der Waals surface area contributed by atoms with Gasteiger partial charge in [-0.15, -0.1) is 0 Å². The molecule has 0 saturated heterocycles. The molecule has 35 heteroatoms. The summed E-state index contributed by atoms with van der Waals surface area (Å²) in [6.07, 6.45) is 0. The molecule has 2 aromatic rings. The summed E-state index contributed by atoms with van der Waals surface area (Å²) in [6, 6.07) is 20.6. The lowest BCUT2D eigenvalue weighted by molar-refractivity contribution is -0.0000241. The summed E-state index contributed by atoms with van der Waals surface area (Å²) < 4.78 is 88.2. The molecule has 1 N–H and O–H groups in total. The van der Waals surface area contributed by atoms with Crippen molar-refractivity contribution in [2.75, 3.05) is 269 Å². The SMILES string of the molecule is CC.CC.CN(C)P(C)(=N[P+](N=P(C)(C)C)(N=P(C)(N(C)C)N(C)C)N=P(C)(N(C)C)N(C)CCOCc1ccccc1)N(C)C.CN(C)P(C)(=N[P+](N=P(C)(C)C)(N=P(C)(N(C)C)N(C)C)N=P(N(C)C)(N(C)C)N(C)CCOCc1ccccc1)N(C)C.[Cl-].[OH-]. The minimum atomic E-state index is -3.08. The summed E-state index contributed by atoms with van der Waals surface area (Å²) >= 11 is 0. The normalized spacial score (nSPS) is 13.8. The van der Waals surface area contributed by atoms with Gasteiger partial charge in [-0.1, -0.05) is 97.4 Å². The topological polar surface area (TPSA) is 189 Å². The molecule has 1 atom stereocenters. The highest BCUT2D eigenvalue weighted by Gasteiger charge is 2.53. The third kappa shape index (κ3) is 29.8. The molecule has 548 valence electrons. The average Bonchev–Trinajstić information content (AvgIpc) is 0.756. The molecule has 0 fully saturated rings. The lowest BCUT2D eigenvalue weighted by atomic mass is 10.2. The molecule has 0 radical (unpaired) electrons. The van der Waals surface area contributed by atoms with E-state index in [-0.39, 0.29) is 17.9 Å². The van der Waals surface area contributed by atoms with Crippen LogP contribution in [0.25, 0.3) is 0 Å². The van der Waals surface area contributed by atoms with E-state index in [1.165, 1.54) is 11.1 Å². The van der Waals surface area contributed by atoms with E-state index in [1.54, 1.807) is 0 Å². The lowest BCUT2D eigenvalue weighted by Crippen LogP contribution is -3.00. The summed E-state index contributed by atoms with van der Waals surface area (Å²) in [4.78, 5) is 0. The zero-order valence-corrected chi connectivity index (χ0v) is 75.2. The molecule has 0 aliphatic rings. The van der Waals surface area contributed by atoms with Gasteiger partial charge in [-0.2, -0.15) is 0 Å². The van der Waals surface area contributed by atoms with Crippen LogP contribution in [0.3, 0.4) is 0 Å². The highest BCUT2D eigenvalue weighted by molar-refractivity contribution is 7.90. The number of halogens is 1. The summed E-state index contributed by atoms with van der Waals surface area (Å²) in [5, 5.41) is 0. The Hall–Kier alpha value is 0.790. The van der Waals surface area contributed by atoms with Crippen LogP contribution < -0.4 is 12.4 Å². The summed E-state index contributed by atoms with van der Waals surface area (Å²) in [6.45, 7) is 36.5. The molecular weight excluding hydrogens is 1370 g/mol. The molecule has 0 amide bonds. The van der Waals surface area contributed by atoms with Crippen LogP contribution in [-0.2, 0) is 22.7 Å². The molecule has 0 aliphatic heterocycles. The Morgan fingerprint density at radius 2 is 0.522 bits per heavy atom. The Morgan fingerprint density at radius 1 is 0.304 bits per heavy atom. The number of hydrogen-bond donors (Lipinski definition) is 0. The first kappa shape index (κ1) is 99.2. The molecule has 0 aliphatic carbocycles. The van der Waals surface area contributed by atoms with Crippen molar-refractivity contribution < 1.29 is 27.4 Å². The molecule has 0 heterocycles. The predicted octanol–water partition coefficient (Wildman–Crippen LogP) is 14.1. The molecule has 24 nitrogen and oxygen atoms in total. The van der Waals surface area contributed by atoms with Crippen LogP contribution in [-0.4, -0.2) is 335 Å². The van der Waals surface area contributed by atoms with Gasteiger partial charge in [0.05, 0.1) is 26.4 Å². The second-order valence-corrected chi connectivity index (χ2v) is 61.3. The maximum absolute atomic E-state index is 6.17. The second-order valence-electron chi connectivity index (χ2n) is 25.7. The first-order chi connectivity index (χ1) is 41.0. The van der Waals surface area contributed by atoms with Gasteiger partial charge in [-0.3, -0.25) is 46.7 Å². The number of likely N-dealkylation sites (N-methyl/N-ethyl adjacent to an activating group) is 2. The lowest BCUT2D eigenvalue weighted by Gasteiger charge is -2.42. The van der Waals surface area contributed by atoms with Gasteiger partial charge in [-0.25, -0.2) is 14.0 Å².